The topological polar surface area (TPSA) is 97.8 Å². The van der Waals surface area contributed by atoms with E-state index in [0.717, 1.165) is 0 Å². The van der Waals surface area contributed by atoms with Crippen LogP contribution in [0.15, 0.2) is 42.0 Å². The van der Waals surface area contributed by atoms with E-state index in [1.54, 1.807) is 36.4 Å². The first kappa shape index (κ1) is 24.9. The summed E-state index contributed by atoms with van der Waals surface area (Å²) in [4.78, 5) is 29.6. The Morgan fingerprint density at radius 3 is 2.00 bits per heavy atom. The zero-order chi connectivity index (χ0) is 25.0. The summed E-state index contributed by atoms with van der Waals surface area (Å²) >= 11 is 0. The molecule has 9 nitrogen and oxygen atoms in total. The number of amides is 1. The number of ketones is 1. The van der Waals surface area contributed by atoms with Gasteiger partial charge in [-0.3, -0.25) is 9.59 Å². The Morgan fingerprint density at radius 2 is 1.44 bits per heavy atom. The van der Waals surface area contributed by atoms with Gasteiger partial charge in [-0.05, 0) is 50.0 Å². The lowest BCUT2D eigenvalue weighted by Crippen LogP contribution is -2.35. The second kappa shape index (κ2) is 10.5. The van der Waals surface area contributed by atoms with Crippen molar-refractivity contribution in [1.82, 2.24) is 9.80 Å². The fraction of sp³-hybridized carbons (Fsp3) is 0.360. The van der Waals surface area contributed by atoms with Crippen LogP contribution in [0.1, 0.15) is 17.2 Å². The third kappa shape index (κ3) is 4.65. The average molecular weight is 471 g/mol. The van der Waals surface area contributed by atoms with Crippen LogP contribution in [0.5, 0.6) is 23.0 Å². The Balaban J connectivity index is 2.20. The Hall–Kier alpha value is -3.72. The highest BCUT2D eigenvalue weighted by molar-refractivity contribution is 6.46. The summed E-state index contributed by atoms with van der Waals surface area (Å²) in [6, 6.07) is 9.15. The van der Waals surface area contributed by atoms with E-state index in [4.69, 9.17) is 18.9 Å². The number of hydrogen-bond acceptors (Lipinski definition) is 8. The Labute approximate surface area is 199 Å². The SMILES string of the molecule is COc1ccc(/C(O)=C2\C(=O)C(=O)N(CCN(C)C)C2c2ccc(OC)c(OC)c2)cc1OC. The van der Waals surface area contributed by atoms with Crippen molar-refractivity contribution in [2.45, 2.75) is 6.04 Å². The molecule has 1 aliphatic heterocycles. The third-order valence-corrected chi connectivity index (χ3v) is 5.71. The summed E-state index contributed by atoms with van der Waals surface area (Å²) in [5.74, 6) is 0.0830. The van der Waals surface area contributed by atoms with Crippen LogP contribution in [-0.2, 0) is 9.59 Å². The number of aliphatic hydroxyl groups is 1. The molecule has 1 aliphatic rings. The highest BCUT2D eigenvalue weighted by Crippen LogP contribution is 2.42. The Kier molecular flexibility index (Phi) is 7.68. The molecule has 34 heavy (non-hydrogen) atoms. The van der Waals surface area contributed by atoms with Gasteiger partial charge in [-0.25, -0.2) is 0 Å². The van der Waals surface area contributed by atoms with E-state index in [0.29, 0.717) is 47.2 Å². The largest absolute Gasteiger partial charge is 0.507 e. The molecule has 0 aromatic heterocycles. The predicted octanol–water partition coefficient (Wildman–Crippen LogP) is 2.70. The smallest absolute Gasteiger partial charge is 0.295 e. The number of nitrogens with zero attached hydrogens (tertiary/aromatic N) is 2. The summed E-state index contributed by atoms with van der Waals surface area (Å²) in [7, 11) is 9.78. The third-order valence-electron chi connectivity index (χ3n) is 5.71. The van der Waals surface area contributed by atoms with Crippen molar-refractivity contribution in [3.8, 4) is 23.0 Å². The van der Waals surface area contributed by atoms with E-state index in [2.05, 4.69) is 0 Å². The van der Waals surface area contributed by atoms with Gasteiger partial charge >= 0.3 is 0 Å². The van der Waals surface area contributed by atoms with Crippen molar-refractivity contribution in [3.63, 3.8) is 0 Å². The number of carbonyl (C=O) groups excluding carboxylic acids is 2. The molecule has 3 rings (SSSR count). The second-order valence-electron chi connectivity index (χ2n) is 7.98. The molecule has 1 N–H and O–H groups in total. The van der Waals surface area contributed by atoms with Crippen molar-refractivity contribution >= 4 is 17.4 Å². The molecule has 1 fully saturated rings. The Bertz CT molecular complexity index is 1110. The average Bonchev–Trinajstić information content (AvgIpc) is 3.10. The van der Waals surface area contributed by atoms with Crippen LogP contribution >= 0.6 is 0 Å². The molecule has 1 unspecified atom stereocenters. The fourth-order valence-corrected chi connectivity index (χ4v) is 3.93. The number of aliphatic hydroxyl groups excluding tert-OH is 1. The second-order valence-corrected chi connectivity index (χ2v) is 7.98. The molecule has 0 saturated carbocycles. The van der Waals surface area contributed by atoms with Crippen molar-refractivity contribution in [1.29, 1.82) is 0 Å². The zero-order valence-electron chi connectivity index (χ0n) is 20.2. The quantitative estimate of drug-likeness (QED) is 0.339. The molecule has 1 heterocycles. The molecule has 2 aromatic rings. The number of rotatable bonds is 9. The molecular weight excluding hydrogens is 440 g/mol. The van der Waals surface area contributed by atoms with Crippen LogP contribution in [0.25, 0.3) is 5.76 Å². The normalized spacial score (nSPS) is 17.3. The van der Waals surface area contributed by atoms with E-state index < -0.39 is 17.7 Å². The standard InChI is InChI=1S/C25H30N2O7/c1-26(2)11-12-27-22(15-7-9-17(31-3)19(13-15)33-5)21(24(29)25(27)30)23(28)16-8-10-18(32-4)20(14-16)34-6/h7-10,13-14,22,28H,11-12H2,1-6H3/b23-21+. The van der Waals surface area contributed by atoms with E-state index in [9.17, 15) is 14.7 Å². The maximum atomic E-state index is 13.2. The number of ether oxygens (including phenoxy) is 4. The lowest BCUT2D eigenvalue weighted by atomic mass is 9.95. The van der Waals surface area contributed by atoms with Gasteiger partial charge in [0.2, 0.25) is 0 Å². The van der Waals surface area contributed by atoms with Gasteiger partial charge in [0.1, 0.15) is 5.76 Å². The van der Waals surface area contributed by atoms with Gasteiger partial charge in [-0.15, -0.1) is 0 Å². The van der Waals surface area contributed by atoms with E-state index in [1.807, 2.05) is 19.0 Å². The summed E-state index contributed by atoms with van der Waals surface area (Å²) < 4.78 is 21.4. The number of Topliss-reactive ketones (excluding diaryl/α,β-unsaturated/α-hetero) is 1. The van der Waals surface area contributed by atoms with E-state index in [1.165, 1.54) is 33.3 Å². The van der Waals surface area contributed by atoms with Gasteiger partial charge in [0, 0.05) is 18.7 Å². The maximum Gasteiger partial charge on any atom is 0.295 e. The predicted molar refractivity (Wildman–Crippen MR) is 127 cm³/mol. The summed E-state index contributed by atoms with van der Waals surface area (Å²) in [5.41, 5.74) is 0.926. The van der Waals surface area contributed by atoms with E-state index in [-0.39, 0.29) is 11.3 Å². The summed E-state index contributed by atoms with van der Waals surface area (Å²) in [6.07, 6.45) is 0. The fourth-order valence-electron chi connectivity index (χ4n) is 3.93. The summed E-state index contributed by atoms with van der Waals surface area (Å²) in [6.45, 7) is 0.826. The molecule has 2 aromatic carbocycles. The van der Waals surface area contributed by atoms with Gasteiger partial charge in [-0.1, -0.05) is 6.07 Å². The maximum absolute atomic E-state index is 13.2. The van der Waals surface area contributed by atoms with Crippen molar-refractivity contribution in [2.24, 2.45) is 0 Å². The zero-order valence-corrected chi connectivity index (χ0v) is 20.2. The van der Waals surface area contributed by atoms with Crippen LogP contribution < -0.4 is 18.9 Å². The van der Waals surface area contributed by atoms with Crippen LogP contribution in [0.3, 0.4) is 0 Å². The molecule has 0 bridgehead atoms. The highest BCUT2D eigenvalue weighted by atomic mass is 16.5. The molecule has 0 radical (unpaired) electrons. The molecule has 182 valence electrons. The van der Waals surface area contributed by atoms with Gasteiger partial charge in [0.05, 0.1) is 40.1 Å². The minimum absolute atomic E-state index is 0.0109. The molecule has 1 amide bonds. The molecule has 0 spiro atoms. The van der Waals surface area contributed by atoms with Gasteiger partial charge in [-0.2, -0.15) is 0 Å². The monoisotopic (exact) mass is 470 g/mol. The highest BCUT2D eigenvalue weighted by Gasteiger charge is 2.46. The van der Waals surface area contributed by atoms with Crippen molar-refractivity contribution in [2.75, 3.05) is 55.6 Å². The number of likely N-dealkylation sites (tertiary alicyclic amines) is 1. The van der Waals surface area contributed by atoms with Crippen molar-refractivity contribution < 1.29 is 33.6 Å². The first-order valence-corrected chi connectivity index (χ1v) is 10.6. The number of benzene rings is 2. The first-order chi connectivity index (χ1) is 16.3. The van der Waals surface area contributed by atoms with Gasteiger partial charge in [0.15, 0.2) is 23.0 Å². The molecule has 1 atom stereocenters. The summed E-state index contributed by atoms with van der Waals surface area (Å²) in [5, 5.41) is 11.3. The van der Waals surface area contributed by atoms with Gasteiger partial charge < -0.3 is 33.9 Å². The van der Waals surface area contributed by atoms with Crippen LogP contribution in [0.4, 0.5) is 0 Å². The van der Waals surface area contributed by atoms with Crippen LogP contribution in [0, 0.1) is 0 Å². The van der Waals surface area contributed by atoms with Crippen molar-refractivity contribution in [3.05, 3.63) is 53.1 Å². The van der Waals surface area contributed by atoms with Crippen LogP contribution in [-0.4, -0.2) is 82.2 Å². The van der Waals surface area contributed by atoms with Crippen LogP contribution in [0.2, 0.25) is 0 Å². The Morgan fingerprint density at radius 1 is 0.882 bits per heavy atom. The number of carbonyl (C=O) groups is 2. The number of hydrogen-bond donors (Lipinski definition) is 1. The molecule has 0 aliphatic carbocycles. The van der Waals surface area contributed by atoms with Gasteiger partial charge in [0.25, 0.3) is 11.7 Å². The minimum Gasteiger partial charge on any atom is -0.507 e. The lowest BCUT2D eigenvalue weighted by molar-refractivity contribution is -0.140. The number of methoxy groups -OCH3 is 4. The molecule has 9 heteroatoms. The number of likely N-dealkylation sites (N-methyl/N-ethyl adjacent to an activating group) is 1. The minimum atomic E-state index is -0.812. The first-order valence-electron chi connectivity index (χ1n) is 10.6. The molecular formula is C25H30N2O7. The molecule has 1 saturated heterocycles. The van der Waals surface area contributed by atoms with E-state index >= 15 is 0 Å². The lowest BCUT2D eigenvalue weighted by Gasteiger charge is -2.27.